The Balaban J connectivity index is 2.72. The third-order valence-corrected chi connectivity index (χ3v) is 5.37. The zero-order valence-electron chi connectivity index (χ0n) is 12.3. The van der Waals surface area contributed by atoms with Crippen molar-refractivity contribution in [1.29, 1.82) is 0 Å². The van der Waals surface area contributed by atoms with Crippen LogP contribution in [0.25, 0.3) is 0 Å². The van der Waals surface area contributed by atoms with Gasteiger partial charge in [0.15, 0.2) is 0 Å². The van der Waals surface area contributed by atoms with E-state index >= 15 is 0 Å². The number of hydrogen-bond acceptors (Lipinski definition) is 1. The van der Waals surface area contributed by atoms with Crippen LogP contribution in [0.15, 0.2) is 18.2 Å². The summed E-state index contributed by atoms with van der Waals surface area (Å²) < 4.78 is 0. The van der Waals surface area contributed by atoms with Crippen LogP contribution in [0.4, 0.5) is 0 Å². The molecule has 0 fully saturated rings. The number of amides is 1. The van der Waals surface area contributed by atoms with Gasteiger partial charge in [-0.15, -0.1) is 0 Å². The van der Waals surface area contributed by atoms with Crippen LogP contribution >= 0.6 is 15.9 Å². The van der Waals surface area contributed by atoms with Crippen LogP contribution in [0.2, 0.25) is 0 Å². The second-order valence-electron chi connectivity index (χ2n) is 5.32. The Kier molecular flexibility index (Phi) is 6.05. The van der Waals surface area contributed by atoms with E-state index < -0.39 is 0 Å². The number of benzene rings is 1. The maximum atomic E-state index is 12.2. The fourth-order valence-electron chi connectivity index (χ4n) is 1.99. The van der Waals surface area contributed by atoms with Gasteiger partial charge in [0.2, 0.25) is 0 Å². The highest BCUT2D eigenvalue weighted by Crippen LogP contribution is 2.27. The van der Waals surface area contributed by atoms with Crippen LogP contribution in [0.1, 0.15) is 48.2 Å². The lowest BCUT2D eigenvalue weighted by molar-refractivity contribution is 0.0932. The molecule has 0 saturated carbocycles. The number of alkyl halides is 1. The number of halogens is 1. The molecular weight excluding hydrogens is 302 g/mol. The lowest BCUT2D eigenvalue weighted by Crippen LogP contribution is -2.38. The lowest BCUT2D eigenvalue weighted by Gasteiger charge is -2.29. The first-order valence-corrected chi connectivity index (χ1v) is 8.01. The summed E-state index contributed by atoms with van der Waals surface area (Å²) in [6.45, 7) is 9.16. The molecule has 0 aliphatic rings. The van der Waals surface area contributed by atoms with Crippen molar-refractivity contribution < 1.29 is 4.79 Å². The molecule has 19 heavy (non-hydrogen) atoms. The molecule has 1 amide bonds. The molecule has 0 heterocycles. The minimum absolute atomic E-state index is 0.0234. The molecule has 0 unspecified atom stereocenters. The summed E-state index contributed by atoms with van der Waals surface area (Å²) >= 11 is 3.57. The van der Waals surface area contributed by atoms with E-state index in [4.69, 9.17) is 0 Å². The van der Waals surface area contributed by atoms with Gasteiger partial charge in [-0.2, -0.15) is 0 Å². The molecule has 1 aromatic rings. The van der Waals surface area contributed by atoms with Crippen molar-refractivity contribution >= 4 is 21.8 Å². The van der Waals surface area contributed by atoms with Crippen LogP contribution in [0.5, 0.6) is 0 Å². The Labute approximate surface area is 125 Å². The maximum absolute atomic E-state index is 12.2. The molecular formula is C16H24BrNO. The number of carbonyl (C=O) groups is 1. The number of carbonyl (C=O) groups excluding carboxylic acids is 1. The predicted molar refractivity (Wildman–Crippen MR) is 85.1 cm³/mol. The molecule has 1 rings (SSSR count). The fourth-order valence-corrected chi connectivity index (χ4v) is 2.98. The van der Waals surface area contributed by atoms with E-state index in [9.17, 15) is 4.79 Å². The van der Waals surface area contributed by atoms with Gasteiger partial charge in [-0.25, -0.2) is 0 Å². The molecule has 0 atom stereocenters. The van der Waals surface area contributed by atoms with E-state index in [1.54, 1.807) is 0 Å². The average molecular weight is 326 g/mol. The quantitative estimate of drug-likeness (QED) is 0.779. The maximum Gasteiger partial charge on any atom is 0.251 e. The summed E-state index contributed by atoms with van der Waals surface area (Å²) in [5.74, 6) is 0.0234. The summed E-state index contributed by atoms with van der Waals surface area (Å²) in [6, 6.07) is 5.85. The fraction of sp³-hybridized carbons (Fsp3) is 0.562. The summed E-state index contributed by atoms with van der Waals surface area (Å²) in [5, 5.41) is 3.99. The van der Waals surface area contributed by atoms with Crippen molar-refractivity contribution in [3.05, 3.63) is 34.9 Å². The van der Waals surface area contributed by atoms with E-state index in [-0.39, 0.29) is 11.3 Å². The van der Waals surface area contributed by atoms with E-state index in [0.29, 0.717) is 0 Å². The van der Waals surface area contributed by atoms with Crippen LogP contribution in [0.3, 0.4) is 0 Å². The van der Waals surface area contributed by atoms with E-state index in [2.05, 4.69) is 42.0 Å². The Morgan fingerprint density at radius 1 is 1.21 bits per heavy atom. The second-order valence-corrected chi connectivity index (χ2v) is 5.88. The van der Waals surface area contributed by atoms with Gasteiger partial charge >= 0.3 is 0 Å². The average Bonchev–Trinajstić information content (AvgIpc) is 2.43. The molecule has 0 spiro atoms. The molecule has 1 N–H and O–H groups in total. The Morgan fingerprint density at radius 3 is 2.32 bits per heavy atom. The Hall–Kier alpha value is -0.830. The molecule has 2 nitrogen and oxygen atoms in total. The first-order chi connectivity index (χ1) is 8.98. The molecule has 106 valence electrons. The van der Waals surface area contributed by atoms with Gasteiger partial charge in [-0.1, -0.05) is 35.8 Å². The lowest BCUT2D eigenvalue weighted by atomic mass is 9.84. The smallest absolute Gasteiger partial charge is 0.251 e. The van der Waals surface area contributed by atoms with Crippen LogP contribution in [0, 0.1) is 19.3 Å². The summed E-state index contributed by atoms with van der Waals surface area (Å²) in [4.78, 5) is 12.2. The van der Waals surface area contributed by atoms with Crippen molar-refractivity contribution in [2.45, 2.75) is 40.5 Å². The van der Waals surface area contributed by atoms with Crippen molar-refractivity contribution in [3.8, 4) is 0 Å². The zero-order valence-corrected chi connectivity index (χ0v) is 13.9. The van der Waals surface area contributed by atoms with E-state index in [1.165, 1.54) is 5.56 Å². The SMILES string of the molecule is CCC(CC)(CBr)CNC(=O)c1ccc(C)c(C)c1. The van der Waals surface area contributed by atoms with Gasteiger partial charge in [0.25, 0.3) is 5.91 Å². The highest BCUT2D eigenvalue weighted by Gasteiger charge is 2.25. The first-order valence-electron chi connectivity index (χ1n) is 6.89. The Morgan fingerprint density at radius 2 is 1.84 bits per heavy atom. The number of rotatable bonds is 6. The highest BCUT2D eigenvalue weighted by molar-refractivity contribution is 9.09. The van der Waals surface area contributed by atoms with Crippen LogP contribution in [-0.4, -0.2) is 17.8 Å². The standard InChI is InChI=1S/C16H24BrNO/c1-5-16(6-2,10-17)11-18-15(19)14-8-7-12(3)13(4)9-14/h7-9H,5-6,10-11H2,1-4H3,(H,18,19). The van der Waals surface area contributed by atoms with Gasteiger partial charge in [0, 0.05) is 17.4 Å². The minimum Gasteiger partial charge on any atom is -0.351 e. The number of nitrogens with one attached hydrogen (secondary N) is 1. The van der Waals surface area contributed by atoms with Gasteiger partial charge in [-0.05, 0) is 55.4 Å². The van der Waals surface area contributed by atoms with Gasteiger partial charge in [-0.3, -0.25) is 4.79 Å². The molecule has 0 aliphatic heterocycles. The molecule has 0 aromatic heterocycles. The molecule has 0 bridgehead atoms. The Bertz CT molecular complexity index is 430. The molecule has 0 radical (unpaired) electrons. The van der Waals surface area contributed by atoms with Gasteiger partial charge in [0.05, 0.1) is 0 Å². The normalized spacial score (nSPS) is 11.4. The van der Waals surface area contributed by atoms with Crippen molar-refractivity contribution in [2.75, 3.05) is 11.9 Å². The third kappa shape index (κ3) is 4.07. The summed E-state index contributed by atoms with van der Waals surface area (Å²) in [6.07, 6.45) is 2.11. The zero-order chi connectivity index (χ0) is 14.5. The van der Waals surface area contributed by atoms with Gasteiger partial charge < -0.3 is 5.32 Å². The molecule has 1 aromatic carbocycles. The van der Waals surface area contributed by atoms with Crippen LogP contribution < -0.4 is 5.32 Å². The van der Waals surface area contributed by atoms with E-state index in [0.717, 1.165) is 35.8 Å². The molecule has 0 saturated heterocycles. The third-order valence-electron chi connectivity index (χ3n) is 4.18. The van der Waals surface area contributed by atoms with E-state index in [1.807, 2.05) is 25.1 Å². The van der Waals surface area contributed by atoms with Gasteiger partial charge in [0.1, 0.15) is 0 Å². The molecule has 3 heteroatoms. The number of aryl methyl sites for hydroxylation is 2. The second kappa shape index (κ2) is 7.09. The summed E-state index contributed by atoms with van der Waals surface area (Å²) in [5.41, 5.74) is 3.28. The van der Waals surface area contributed by atoms with Crippen LogP contribution in [-0.2, 0) is 0 Å². The topological polar surface area (TPSA) is 29.1 Å². The van der Waals surface area contributed by atoms with Crippen molar-refractivity contribution in [3.63, 3.8) is 0 Å². The largest absolute Gasteiger partial charge is 0.351 e. The predicted octanol–water partition coefficient (Wildman–Crippen LogP) is 4.23. The minimum atomic E-state index is 0.0234. The monoisotopic (exact) mass is 325 g/mol. The van der Waals surface area contributed by atoms with Crippen molar-refractivity contribution in [1.82, 2.24) is 5.32 Å². The molecule has 0 aliphatic carbocycles. The summed E-state index contributed by atoms with van der Waals surface area (Å²) in [7, 11) is 0. The number of hydrogen-bond donors (Lipinski definition) is 1. The highest BCUT2D eigenvalue weighted by atomic mass is 79.9. The van der Waals surface area contributed by atoms with Crippen molar-refractivity contribution in [2.24, 2.45) is 5.41 Å². The first kappa shape index (κ1) is 16.2.